The number of rotatable bonds is 5. The second-order valence-electron chi connectivity index (χ2n) is 2.68. The quantitative estimate of drug-likeness (QED) is 0.742. The fourth-order valence-electron chi connectivity index (χ4n) is 1.08. The molecule has 0 radical (unpaired) electrons. The Labute approximate surface area is 87.1 Å². The molecule has 0 fully saturated rings. The van der Waals surface area contributed by atoms with E-state index in [1.54, 1.807) is 14.2 Å². The molecule has 0 amide bonds. The third-order valence-electron chi connectivity index (χ3n) is 1.61. The zero-order valence-electron chi connectivity index (χ0n) is 8.24. The molecule has 1 aromatic heterocycles. The summed E-state index contributed by atoms with van der Waals surface area (Å²) in [4.78, 5) is 5.30. The molecule has 0 aliphatic heterocycles. The summed E-state index contributed by atoms with van der Waals surface area (Å²) in [7, 11) is 3.24. The van der Waals surface area contributed by atoms with Gasteiger partial charge in [-0.25, -0.2) is 4.98 Å². The lowest BCUT2D eigenvalue weighted by atomic mass is 10.3. The van der Waals surface area contributed by atoms with Gasteiger partial charge in [0.25, 0.3) is 0 Å². The van der Waals surface area contributed by atoms with E-state index >= 15 is 0 Å². The summed E-state index contributed by atoms with van der Waals surface area (Å²) in [5, 5.41) is 9.50. The smallest absolute Gasteiger partial charge is 0.119 e. The number of nitrogens with zero attached hydrogens (tertiary/aromatic N) is 2. The number of thiazole rings is 1. The highest BCUT2D eigenvalue weighted by Crippen LogP contribution is 2.20. The molecule has 1 aromatic rings. The molecule has 0 spiro atoms. The summed E-state index contributed by atoms with van der Waals surface area (Å²) in [5.74, 6) is 0. The molecule has 14 heavy (non-hydrogen) atoms. The Morgan fingerprint density at radius 2 is 2.07 bits per heavy atom. The summed E-state index contributed by atoms with van der Waals surface area (Å²) in [6.07, 6.45) is 0.389. The molecule has 0 aromatic carbocycles. The normalized spacial score (nSPS) is 10.1. The molecule has 5 heteroatoms. The van der Waals surface area contributed by atoms with Crippen LogP contribution in [0.3, 0.4) is 0 Å². The molecule has 0 unspecified atom stereocenters. The minimum atomic E-state index is 0.389. The van der Waals surface area contributed by atoms with E-state index in [1.807, 2.05) is 0 Å². The lowest BCUT2D eigenvalue weighted by Gasteiger charge is -1.95. The minimum Gasteiger partial charge on any atom is -0.378 e. The molecule has 0 saturated heterocycles. The lowest BCUT2D eigenvalue weighted by molar-refractivity contribution is 0.176. The van der Waals surface area contributed by atoms with Crippen molar-refractivity contribution >= 4 is 11.3 Å². The van der Waals surface area contributed by atoms with Crippen molar-refractivity contribution in [1.29, 1.82) is 5.26 Å². The van der Waals surface area contributed by atoms with Gasteiger partial charge in [0.05, 0.1) is 31.4 Å². The van der Waals surface area contributed by atoms with Crippen LogP contribution >= 0.6 is 11.3 Å². The number of aromatic nitrogens is 1. The zero-order chi connectivity index (χ0) is 10.4. The van der Waals surface area contributed by atoms with E-state index in [4.69, 9.17) is 14.7 Å². The van der Waals surface area contributed by atoms with Gasteiger partial charge in [0, 0.05) is 19.1 Å². The summed E-state index contributed by atoms with van der Waals surface area (Å²) in [6.45, 7) is 0.948. The summed E-state index contributed by atoms with van der Waals surface area (Å²) < 4.78 is 9.98. The van der Waals surface area contributed by atoms with E-state index < -0.39 is 0 Å². The summed E-state index contributed by atoms with van der Waals surface area (Å²) in [6, 6.07) is 2.11. The maximum absolute atomic E-state index is 8.61. The van der Waals surface area contributed by atoms with Crippen molar-refractivity contribution in [3.63, 3.8) is 0 Å². The Morgan fingerprint density at radius 3 is 2.64 bits per heavy atom. The van der Waals surface area contributed by atoms with Crippen molar-refractivity contribution in [3.8, 4) is 6.07 Å². The molecule has 0 N–H and O–H groups in total. The van der Waals surface area contributed by atoms with Crippen LogP contribution in [0.1, 0.15) is 15.6 Å². The van der Waals surface area contributed by atoms with Gasteiger partial charge >= 0.3 is 0 Å². The fraction of sp³-hybridized carbons (Fsp3) is 0.556. The van der Waals surface area contributed by atoms with E-state index in [9.17, 15) is 0 Å². The molecule has 76 valence electrons. The first kappa shape index (κ1) is 11.1. The molecule has 0 aliphatic carbocycles. The second kappa shape index (κ2) is 5.70. The van der Waals surface area contributed by atoms with E-state index in [-0.39, 0.29) is 0 Å². The van der Waals surface area contributed by atoms with Gasteiger partial charge in [0.1, 0.15) is 5.01 Å². The molecule has 0 bridgehead atoms. The third kappa shape index (κ3) is 2.77. The predicted octanol–water partition coefficient (Wildman–Crippen LogP) is 1.50. The van der Waals surface area contributed by atoms with Crippen molar-refractivity contribution in [1.82, 2.24) is 4.98 Å². The molecule has 1 heterocycles. The van der Waals surface area contributed by atoms with E-state index in [1.165, 1.54) is 11.3 Å². The summed E-state index contributed by atoms with van der Waals surface area (Å²) in [5.41, 5.74) is 0.853. The van der Waals surface area contributed by atoms with Crippen LogP contribution in [-0.2, 0) is 29.1 Å². The zero-order valence-corrected chi connectivity index (χ0v) is 9.06. The van der Waals surface area contributed by atoms with E-state index in [0.717, 1.165) is 15.6 Å². The Balaban J connectivity index is 2.82. The topological polar surface area (TPSA) is 55.1 Å². The Morgan fingerprint density at radius 1 is 1.36 bits per heavy atom. The van der Waals surface area contributed by atoms with Crippen LogP contribution in [-0.4, -0.2) is 19.2 Å². The Hall–Kier alpha value is -0.960. The fourth-order valence-corrected chi connectivity index (χ4v) is 2.06. The monoisotopic (exact) mass is 212 g/mol. The van der Waals surface area contributed by atoms with Crippen molar-refractivity contribution in [2.24, 2.45) is 0 Å². The number of hydrogen-bond acceptors (Lipinski definition) is 5. The molecule has 4 nitrogen and oxygen atoms in total. The largest absolute Gasteiger partial charge is 0.378 e. The standard InChI is InChI=1S/C9H12N2O2S/c1-12-5-7-8(3-4-10)14-9(11-7)6-13-2/h3,5-6H2,1-2H3. The SMILES string of the molecule is COCc1nc(COC)c(CC#N)s1. The third-order valence-corrected chi connectivity index (χ3v) is 2.68. The molecule has 1 rings (SSSR count). The van der Waals surface area contributed by atoms with Crippen LogP contribution in [0.2, 0.25) is 0 Å². The molecular weight excluding hydrogens is 200 g/mol. The molecular formula is C9H12N2O2S. The van der Waals surface area contributed by atoms with Gasteiger partial charge in [-0.05, 0) is 0 Å². The molecule has 0 atom stereocenters. The average Bonchev–Trinajstić information content (AvgIpc) is 2.50. The van der Waals surface area contributed by atoms with Gasteiger partial charge in [0.2, 0.25) is 0 Å². The highest BCUT2D eigenvalue weighted by Gasteiger charge is 2.10. The van der Waals surface area contributed by atoms with Gasteiger partial charge in [-0.15, -0.1) is 11.3 Å². The first-order valence-electron chi connectivity index (χ1n) is 4.14. The average molecular weight is 212 g/mol. The second-order valence-corrected chi connectivity index (χ2v) is 3.85. The molecule has 0 saturated carbocycles. The summed E-state index contributed by atoms with van der Waals surface area (Å²) >= 11 is 1.51. The van der Waals surface area contributed by atoms with Crippen LogP contribution in [0.4, 0.5) is 0 Å². The van der Waals surface area contributed by atoms with Crippen molar-refractivity contribution in [3.05, 3.63) is 15.6 Å². The van der Waals surface area contributed by atoms with Crippen LogP contribution in [0.15, 0.2) is 0 Å². The maximum Gasteiger partial charge on any atom is 0.119 e. The Bertz CT molecular complexity index is 330. The van der Waals surface area contributed by atoms with Crippen LogP contribution in [0.25, 0.3) is 0 Å². The van der Waals surface area contributed by atoms with Crippen molar-refractivity contribution < 1.29 is 9.47 Å². The van der Waals surface area contributed by atoms with Gasteiger partial charge in [-0.3, -0.25) is 0 Å². The Kier molecular flexibility index (Phi) is 4.53. The van der Waals surface area contributed by atoms with Crippen molar-refractivity contribution in [2.75, 3.05) is 14.2 Å². The van der Waals surface area contributed by atoms with E-state index in [0.29, 0.717) is 19.6 Å². The number of nitriles is 1. The van der Waals surface area contributed by atoms with Gasteiger partial charge < -0.3 is 9.47 Å². The maximum atomic E-state index is 8.61. The minimum absolute atomic E-state index is 0.389. The number of hydrogen-bond donors (Lipinski definition) is 0. The lowest BCUT2D eigenvalue weighted by Crippen LogP contribution is -1.93. The first-order chi connectivity index (χ1) is 6.81. The van der Waals surface area contributed by atoms with Crippen LogP contribution < -0.4 is 0 Å². The van der Waals surface area contributed by atoms with Gasteiger partial charge in [-0.1, -0.05) is 0 Å². The number of ether oxygens (including phenoxy) is 2. The number of methoxy groups -OCH3 is 2. The van der Waals surface area contributed by atoms with E-state index in [2.05, 4.69) is 11.1 Å². The van der Waals surface area contributed by atoms with Crippen LogP contribution in [0.5, 0.6) is 0 Å². The molecule has 0 aliphatic rings. The predicted molar refractivity (Wildman–Crippen MR) is 52.9 cm³/mol. The highest BCUT2D eigenvalue weighted by atomic mass is 32.1. The highest BCUT2D eigenvalue weighted by molar-refractivity contribution is 7.11. The first-order valence-corrected chi connectivity index (χ1v) is 4.95. The van der Waals surface area contributed by atoms with Gasteiger partial charge in [-0.2, -0.15) is 5.26 Å². The van der Waals surface area contributed by atoms with Gasteiger partial charge in [0.15, 0.2) is 0 Å². The van der Waals surface area contributed by atoms with Crippen molar-refractivity contribution in [2.45, 2.75) is 19.6 Å². The van der Waals surface area contributed by atoms with Crippen LogP contribution in [0, 0.1) is 11.3 Å².